The highest BCUT2D eigenvalue weighted by Gasteiger charge is 2.27. The van der Waals surface area contributed by atoms with Gasteiger partial charge in [0, 0.05) is 22.3 Å². The number of likely N-dealkylation sites (tertiary alicyclic amines) is 1. The van der Waals surface area contributed by atoms with E-state index in [1.54, 1.807) is 7.11 Å². The summed E-state index contributed by atoms with van der Waals surface area (Å²) in [6, 6.07) is 13.4. The topological polar surface area (TPSA) is 80.5 Å². The van der Waals surface area contributed by atoms with E-state index in [2.05, 4.69) is 36.3 Å². The predicted molar refractivity (Wildman–Crippen MR) is 122 cm³/mol. The molecule has 0 radical (unpaired) electrons. The van der Waals surface area contributed by atoms with Crippen LogP contribution in [-0.2, 0) is 11.3 Å². The lowest BCUT2D eigenvalue weighted by molar-refractivity contribution is -0.121. The molecular weight excluding hydrogens is 460 g/mol. The van der Waals surface area contributed by atoms with Crippen molar-refractivity contribution >= 4 is 27.5 Å². The molecule has 2 heterocycles. The van der Waals surface area contributed by atoms with Crippen molar-refractivity contribution in [1.82, 2.24) is 15.0 Å². The molecule has 0 bridgehead atoms. The van der Waals surface area contributed by atoms with Gasteiger partial charge in [0.25, 0.3) is 0 Å². The van der Waals surface area contributed by atoms with Crippen LogP contribution >= 0.6 is 15.9 Å². The number of piperidine rings is 1. The summed E-state index contributed by atoms with van der Waals surface area (Å²) in [4.78, 5) is 19.5. The maximum Gasteiger partial charge on any atom is 0.241 e. The number of aryl methyl sites for hydroxylation is 1. The van der Waals surface area contributed by atoms with E-state index < -0.39 is 0 Å². The van der Waals surface area contributed by atoms with Crippen LogP contribution in [0, 0.1) is 12.8 Å². The Morgan fingerprint density at radius 1 is 1.29 bits per heavy atom. The number of methoxy groups -OCH3 is 1. The maximum atomic E-state index is 12.8. The van der Waals surface area contributed by atoms with E-state index in [9.17, 15) is 4.79 Å². The molecule has 7 nitrogen and oxygen atoms in total. The van der Waals surface area contributed by atoms with E-state index in [-0.39, 0.29) is 11.8 Å². The van der Waals surface area contributed by atoms with Crippen molar-refractivity contribution < 1.29 is 14.1 Å². The molecule has 2 aromatic carbocycles. The molecule has 1 atom stereocenters. The van der Waals surface area contributed by atoms with Crippen LogP contribution in [0.2, 0.25) is 0 Å². The van der Waals surface area contributed by atoms with Gasteiger partial charge in [0.05, 0.1) is 19.6 Å². The highest BCUT2D eigenvalue weighted by atomic mass is 79.9. The lowest BCUT2D eigenvalue weighted by Gasteiger charge is -2.30. The summed E-state index contributed by atoms with van der Waals surface area (Å²) < 4.78 is 11.7. The second kappa shape index (κ2) is 9.62. The summed E-state index contributed by atoms with van der Waals surface area (Å²) in [5.74, 6) is 1.87. The largest absolute Gasteiger partial charge is 0.497 e. The summed E-state index contributed by atoms with van der Waals surface area (Å²) in [5, 5.41) is 7.15. The van der Waals surface area contributed by atoms with Gasteiger partial charge in [0.1, 0.15) is 5.75 Å². The van der Waals surface area contributed by atoms with Gasteiger partial charge in [0.15, 0.2) is 0 Å². The van der Waals surface area contributed by atoms with Gasteiger partial charge in [-0.3, -0.25) is 9.69 Å². The van der Waals surface area contributed by atoms with E-state index in [4.69, 9.17) is 9.26 Å². The number of ether oxygens (including phenoxy) is 1. The molecule has 0 saturated carbocycles. The zero-order valence-electron chi connectivity index (χ0n) is 17.6. The van der Waals surface area contributed by atoms with E-state index in [0.717, 1.165) is 46.4 Å². The van der Waals surface area contributed by atoms with Crippen molar-refractivity contribution in [1.29, 1.82) is 0 Å². The Bertz CT molecular complexity index is 1050. The third-order valence-corrected chi connectivity index (χ3v) is 6.37. The van der Waals surface area contributed by atoms with Gasteiger partial charge in [-0.05, 0) is 74.3 Å². The standard InChI is InChI=1S/C23H25BrN4O3/c1-15-12-18(7-10-20(15)24)25-23(29)17-4-3-11-28(13-17)14-21-26-22(27-31-21)16-5-8-19(30-2)9-6-16/h5-10,12,17H,3-4,11,13-14H2,1-2H3,(H,25,29). The molecule has 1 N–H and O–H groups in total. The fraction of sp³-hybridized carbons (Fsp3) is 0.348. The lowest BCUT2D eigenvalue weighted by Crippen LogP contribution is -2.40. The molecular formula is C23H25BrN4O3. The van der Waals surface area contributed by atoms with Crippen molar-refractivity contribution in [3.05, 3.63) is 58.4 Å². The lowest BCUT2D eigenvalue weighted by atomic mass is 9.97. The molecule has 0 aliphatic carbocycles. The summed E-state index contributed by atoms with van der Waals surface area (Å²) in [6.07, 6.45) is 1.83. The maximum absolute atomic E-state index is 12.8. The average molecular weight is 485 g/mol. The first kappa shape index (κ1) is 21.5. The Morgan fingerprint density at radius 3 is 2.84 bits per heavy atom. The Hall–Kier alpha value is -2.71. The number of aromatic nitrogens is 2. The molecule has 1 unspecified atom stereocenters. The number of nitrogens with one attached hydrogen (secondary N) is 1. The van der Waals surface area contributed by atoms with Crippen LogP contribution in [0.5, 0.6) is 5.75 Å². The highest BCUT2D eigenvalue weighted by Crippen LogP contribution is 2.24. The molecule has 1 amide bonds. The zero-order chi connectivity index (χ0) is 21.8. The van der Waals surface area contributed by atoms with E-state index in [1.165, 1.54) is 0 Å². The first-order valence-corrected chi connectivity index (χ1v) is 11.1. The number of carbonyl (C=O) groups excluding carboxylic acids is 1. The first-order valence-electron chi connectivity index (χ1n) is 10.3. The minimum absolute atomic E-state index is 0.0517. The molecule has 8 heteroatoms. The molecule has 1 saturated heterocycles. The molecule has 4 rings (SSSR count). The number of halogens is 1. The van der Waals surface area contributed by atoms with Crippen molar-refractivity contribution in [2.75, 3.05) is 25.5 Å². The number of rotatable bonds is 6. The first-order chi connectivity index (χ1) is 15.0. The minimum Gasteiger partial charge on any atom is -0.497 e. The number of benzene rings is 2. The monoisotopic (exact) mass is 484 g/mol. The Morgan fingerprint density at radius 2 is 2.10 bits per heavy atom. The van der Waals surface area contributed by atoms with Gasteiger partial charge in [-0.1, -0.05) is 21.1 Å². The van der Waals surface area contributed by atoms with Gasteiger partial charge in [-0.15, -0.1) is 0 Å². The molecule has 1 aliphatic heterocycles. The quantitative estimate of drug-likeness (QED) is 0.547. The van der Waals surface area contributed by atoms with Gasteiger partial charge in [-0.25, -0.2) is 0 Å². The van der Waals surface area contributed by atoms with E-state index >= 15 is 0 Å². The smallest absolute Gasteiger partial charge is 0.241 e. The van der Waals surface area contributed by atoms with Gasteiger partial charge >= 0.3 is 0 Å². The molecule has 1 aliphatic rings. The third-order valence-electron chi connectivity index (χ3n) is 5.48. The summed E-state index contributed by atoms with van der Waals surface area (Å²) >= 11 is 3.49. The van der Waals surface area contributed by atoms with Crippen molar-refractivity contribution in [3.8, 4) is 17.1 Å². The SMILES string of the molecule is COc1ccc(-c2noc(CN3CCCC(C(=O)Nc4ccc(Br)c(C)c4)C3)n2)cc1. The second-order valence-corrected chi connectivity index (χ2v) is 8.62. The fourth-order valence-electron chi connectivity index (χ4n) is 3.75. The predicted octanol–water partition coefficient (Wildman–Crippen LogP) is 4.67. The molecule has 0 spiro atoms. The number of carbonyl (C=O) groups is 1. The Labute approximate surface area is 189 Å². The minimum atomic E-state index is -0.0679. The highest BCUT2D eigenvalue weighted by molar-refractivity contribution is 9.10. The number of hydrogen-bond acceptors (Lipinski definition) is 6. The molecule has 162 valence electrons. The number of anilines is 1. The third kappa shape index (κ3) is 5.32. The van der Waals surface area contributed by atoms with Crippen molar-refractivity contribution in [2.45, 2.75) is 26.3 Å². The van der Waals surface area contributed by atoms with Crippen LogP contribution in [0.15, 0.2) is 51.5 Å². The van der Waals surface area contributed by atoms with E-state index in [1.807, 2.05) is 49.4 Å². The van der Waals surface area contributed by atoms with E-state index in [0.29, 0.717) is 24.8 Å². The van der Waals surface area contributed by atoms with Gasteiger partial charge in [-0.2, -0.15) is 4.98 Å². The van der Waals surface area contributed by atoms with Crippen LogP contribution in [0.3, 0.4) is 0 Å². The number of nitrogens with zero attached hydrogens (tertiary/aromatic N) is 3. The van der Waals surface area contributed by atoms with Crippen LogP contribution in [-0.4, -0.2) is 41.1 Å². The summed E-state index contributed by atoms with van der Waals surface area (Å²) in [6.45, 7) is 4.11. The van der Waals surface area contributed by atoms with Crippen LogP contribution in [0.25, 0.3) is 11.4 Å². The number of amides is 1. The summed E-state index contributed by atoms with van der Waals surface area (Å²) in [7, 11) is 1.63. The molecule has 3 aromatic rings. The molecule has 31 heavy (non-hydrogen) atoms. The summed E-state index contributed by atoms with van der Waals surface area (Å²) in [5.41, 5.74) is 2.78. The normalized spacial score (nSPS) is 16.8. The molecule has 1 aromatic heterocycles. The fourth-order valence-corrected chi connectivity index (χ4v) is 3.99. The second-order valence-electron chi connectivity index (χ2n) is 7.77. The van der Waals surface area contributed by atoms with Crippen LogP contribution in [0.1, 0.15) is 24.3 Å². The Kier molecular flexibility index (Phi) is 6.67. The zero-order valence-corrected chi connectivity index (χ0v) is 19.2. The number of hydrogen-bond donors (Lipinski definition) is 1. The van der Waals surface area contributed by atoms with Crippen molar-refractivity contribution in [2.24, 2.45) is 5.92 Å². The molecule has 1 fully saturated rings. The average Bonchev–Trinajstić information content (AvgIpc) is 3.25. The van der Waals surface area contributed by atoms with Crippen molar-refractivity contribution in [3.63, 3.8) is 0 Å². The van der Waals surface area contributed by atoms with Crippen LogP contribution < -0.4 is 10.1 Å². The van der Waals surface area contributed by atoms with Gasteiger partial charge in [0.2, 0.25) is 17.6 Å². The van der Waals surface area contributed by atoms with Gasteiger partial charge < -0.3 is 14.6 Å². The Balaban J connectivity index is 1.36. The van der Waals surface area contributed by atoms with Crippen LogP contribution in [0.4, 0.5) is 5.69 Å².